The van der Waals surface area contributed by atoms with Gasteiger partial charge in [0.2, 0.25) is 5.91 Å². The molecule has 1 saturated heterocycles. The molecule has 2 aliphatic heterocycles. The van der Waals surface area contributed by atoms with E-state index in [4.69, 9.17) is 29.3 Å². The molecule has 5 atom stereocenters. The summed E-state index contributed by atoms with van der Waals surface area (Å²) in [6.07, 6.45) is 7.33. The molecule has 452 valence electrons. The summed E-state index contributed by atoms with van der Waals surface area (Å²) in [4.78, 5) is 82.4. The summed E-state index contributed by atoms with van der Waals surface area (Å²) >= 11 is 0. The van der Waals surface area contributed by atoms with Gasteiger partial charge in [0.25, 0.3) is 0 Å². The summed E-state index contributed by atoms with van der Waals surface area (Å²) in [7, 11) is 0. The number of aromatic nitrogens is 1. The number of hydrogen-bond acceptors (Lipinski definition) is 9. The number of carbonyl (C=O) groups is 5. The van der Waals surface area contributed by atoms with Crippen molar-refractivity contribution in [2.24, 2.45) is 78.9 Å². The standard InChI is InChI=1S/C67H110N4O9.Zn/c1-24-66(25-2,26-3)60(75)70-56-52(58(73)79-54-43(62(12,13)14)31-40(10)32-44(54)63(15,16)17)50(38(6)7)47(68-56)35-48-51(39(8)9)53(59(74)80-55-45(64(18,19)20)33-41(11)34-46(55)65(21,22)23)57(69-48)71-61(76)67(27-4,28-5)30-29-49(72)78-37-42-36-77-42;/h35,38-46,54-55H,24-34,36-37H2,1-23H3,(H3,68,69,70,71,73,74,75,76);/q;+2/p-1. The number of rotatable bonds is 20. The number of esters is 3. The molecule has 2 saturated carbocycles. The average molecular weight is 1180 g/mol. The molecule has 5 rings (SSSR count). The van der Waals surface area contributed by atoms with Crippen molar-refractivity contribution >= 4 is 47.5 Å². The van der Waals surface area contributed by atoms with Gasteiger partial charge in [-0.2, -0.15) is 0 Å². The minimum atomic E-state index is -1.06. The van der Waals surface area contributed by atoms with Crippen LogP contribution in [0.4, 0.5) is 5.82 Å². The number of epoxide rings is 1. The molecule has 2 amide bonds. The number of H-pyrrole nitrogens is 1. The van der Waals surface area contributed by atoms with Crippen LogP contribution in [0.15, 0.2) is 21.8 Å². The molecule has 4 aliphatic rings. The Balaban J connectivity index is 0.0000141. The topological polar surface area (TPSA) is 180 Å². The number of ether oxygens (including phenoxy) is 4. The number of amides is 2. The molecule has 1 aromatic heterocycles. The number of amidine groups is 1. The quantitative estimate of drug-likeness (QED) is 0.0556. The largest absolute Gasteiger partial charge is 2.00 e. The fraction of sp³-hybridized carbons (Fsp3) is 0.791. The third-order valence-electron chi connectivity index (χ3n) is 19.5. The van der Waals surface area contributed by atoms with E-state index in [2.05, 4.69) is 107 Å². The summed E-state index contributed by atoms with van der Waals surface area (Å²) in [5.41, 5.74) is 0.00281. The van der Waals surface area contributed by atoms with E-state index >= 15 is 14.4 Å². The van der Waals surface area contributed by atoms with Crippen LogP contribution in [0.2, 0.25) is 0 Å². The maximum absolute atomic E-state index is 15.7. The Hall–Kier alpha value is -3.64. The molecule has 3 fully saturated rings. The smallest absolute Gasteiger partial charge is 0.463 e. The van der Waals surface area contributed by atoms with E-state index < -0.39 is 46.9 Å². The first-order chi connectivity index (χ1) is 36.9. The average Bonchev–Trinajstić information content (AvgIpc) is 4.08. The molecular weight excluding hydrogens is 1070 g/mol. The van der Waals surface area contributed by atoms with Crippen molar-refractivity contribution in [1.82, 2.24) is 4.98 Å². The first kappa shape index (κ1) is 69.9. The fourth-order valence-corrected chi connectivity index (χ4v) is 13.7. The van der Waals surface area contributed by atoms with Crippen LogP contribution in [0.5, 0.6) is 0 Å². The first-order valence-electron chi connectivity index (χ1n) is 31.0. The minimum absolute atomic E-state index is 0. The van der Waals surface area contributed by atoms with Gasteiger partial charge >= 0.3 is 37.4 Å². The van der Waals surface area contributed by atoms with Gasteiger partial charge in [-0.1, -0.05) is 159 Å². The van der Waals surface area contributed by atoms with Crippen molar-refractivity contribution in [3.63, 3.8) is 0 Å². The molecule has 5 unspecified atom stereocenters. The molecular formula is C67H109N4O9Zn+. The third kappa shape index (κ3) is 16.2. The van der Waals surface area contributed by atoms with Crippen molar-refractivity contribution in [3.05, 3.63) is 39.0 Å². The van der Waals surface area contributed by atoms with Crippen molar-refractivity contribution < 1.29 is 62.4 Å². The summed E-state index contributed by atoms with van der Waals surface area (Å²) < 4.78 is 24.7. The molecule has 14 heteroatoms. The molecule has 3 heterocycles. The van der Waals surface area contributed by atoms with Crippen molar-refractivity contribution in [2.45, 2.75) is 254 Å². The van der Waals surface area contributed by atoms with Gasteiger partial charge in [0.15, 0.2) is 5.91 Å². The van der Waals surface area contributed by atoms with Crippen molar-refractivity contribution in [3.8, 4) is 0 Å². The van der Waals surface area contributed by atoms with Gasteiger partial charge in [-0.15, -0.1) is 0 Å². The summed E-state index contributed by atoms with van der Waals surface area (Å²) in [6, 6.07) is 0. The number of allylic oxidation sites excluding steroid dienone is 1. The normalized spacial score (nSPS) is 25.9. The monoisotopic (exact) mass is 1180 g/mol. The van der Waals surface area contributed by atoms with Gasteiger partial charge in [0.05, 0.1) is 12.2 Å². The van der Waals surface area contributed by atoms with Crippen LogP contribution in [0.3, 0.4) is 0 Å². The van der Waals surface area contributed by atoms with E-state index in [1.165, 1.54) is 0 Å². The molecule has 13 nitrogen and oxygen atoms in total. The maximum Gasteiger partial charge on any atom is 2.00 e. The second kappa shape index (κ2) is 27.2. The molecule has 0 radical (unpaired) electrons. The summed E-state index contributed by atoms with van der Waals surface area (Å²) in [5, 5.41) is 8.43. The second-order valence-electron chi connectivity index (χ2n) is 29.9. The van der Waals surface area contributed by atoms with E-state index in [1.54, 1.807) is 0 Å². The van der Waals surface area contributed by atoms with Crippen LogP contribution in [0, 0.1) is 73.9 Å². The Morgan fingerprint density at radius 2 is 1.11 bits per heavy atom. The van der Waals surface area contributed by atoms with E-state index in [-0.39, 0.29) is 131 Å². The molecule has 2 aliphatic carbocycles. The van der Waals surface area contributed by atoms with E-state index in [0.29, 0.717) is 73.1 Å². The first-order valence-corrected chi connectivity index (χ1v) is 31.0. The zero-order valence-corrected chi connectivity index (χ0v) is 57.9. The van der Waals surface area contributed by atoms with Crippen LogP contribution < -0.4 is 5.32 Å². The number of aliphatic imine (C=N–C) groups is 1. The van der Waals surface area contributed by atoms with Crippen molar-refractivity contribution in [2.75, 3.05) is 18.5 Å². The van der Waals surface area contributed by atoms with Gasteiger partial charge in [-0.25, -0.2) is 9.59 Å². The fourth-order valence-electron chi connectivity index (χ4n) is 13.7. The van der Waals surface area contributed by atoms with Crippen LogP contribution in [-0.2, 0) is 57.6 Å². The predicted molar refractivity (Wildman–Crippen MR) is 323 cm³/mol. The van der Waals surface area contributed by atoms with E-state index in [0.717, 1.165) is 25.7 Å². The molecule has 1 aromatic rings. The number of aromatic amines is 1. The molecule has 2 N–H and O–H groups in total. The van der Waals surface area contributed by atoms with E-state index in [1.807, 2.05) is 68.4 Å². The number of nitrogens with one attached hydrogen (secondary N) is 2. The van der Waals surface area contributed by atoms with Crippen LogP contribution >= 0.6 is 0 Å². The molecule has 81 heavy (non-hydrogen) atoms. The Labute approximate surface area is 502 Å². The molecule has 0 bridgehead atoms. The van der Waals surface area contributed by atoms with Gasteiger partial charge in [0, 0.05) is 46.6 Å². The Kier molecular flexibility index (Phi) is 23.4. The number of hydrogen-bond donors (Lipinski definition) is 2. The number of nitrogens with zero attached hydrogens (tertiary/aromatic N) is 2. The predicted octanol–water partition coefficient (Wildman–Crippen LogP) is 16.4. The summed E-state index contributed by atoms with van der Waals surface area (Å²) in [5.74, 6) is -1.48. The molecule has 0 spiro atoms. The van der Waals surface area contributed by atoms with Gasteiger partial charge < -0.3 is 39.6 Å². The van der Waals surface area contributed by atoms with Gasteiger partial charge in [0.1, 0.15) is 36.3 Å². The van der Waals surface area contributed by atoms with Gasteiger partial charge in [-0.3, -0.25) is 14.4 Å². The second-order valence-corrected chi connectivity index (χ2v) is 29.9. The van der Waals surface area contributed by atoms with Crippen LogP contribution in [0.1, 0.15) is 257 Å². The minimum Gasteiger partial charge on any atom is -0.463 e. The Bertz CT molecular complexity index is 2420. The third-order valence-corrected chi connectivity index (χ3v) is 19.5. The number of carbonyl (C=O) groups excluding carboxylic acids is 5. The Morgan fingerprint density at radius 1 is 0.679 bits per heavy atom. The Morgan fingerprint density at radius 3 is 1.49 bits per heavy atom. The maximum atomic E-state index is 15.7. The van der Waals surface area contributed by atoms with Crippen LogP contribution in [0.25, 0.3) is 11.4 Å². The van der Waals surface area contributed by atoms with Gasteiger partial charge in [-0.05, 0) is 138 Å². The zero-order valence-electron chi connectivity index (χ0n) is 54.9. The SMILES string of the molecule is CCC(CC)(CCC(=O)OCC1CO1)C(=O)N=C1[N-]/C(=C\c2[nH]c(NC(=O)C(CC)(CC)CC)c(C(=O)OC3C(C(C)(C)C)CC(C)CC3C(C)(C)C)c2C(C)C)C(C(C)C)=C1C(=O)OC1C(C(C)(C)C)CC(C)CC1C(C)(C)C.[Zn+2]. The van der Waals surface area contributed by atoms with Crippen LogP contribution in [-0.4, -0.2) is 72.1 Å². The molecule has 0 aromatic carbocycles. The number of anilines is 1. The van der Waals surface area contributed by atoms with E-state index in [9.17, 15) is 9.59 Å². The zero-order chi connectivity index (χ0) is 60.4. The summed E-state index contributed by atoms with van der Waals surface area (Å²) in [6.45, 7) is 49.9. The van der Waals surface area contributed by atoms with Crippen molar-refractivity contribution in [1.29, 1.82) is 0 Å².